The number of nitrogens with zero attached hydrogens (tertiary/aromatic N) is 1. The minimum Gasteiger partial charge on any atom is -0.454 e. The Morgan fingerprint density at radius 2 is 1.78 bits per heavy atom. The number of ether oxygens (including phenoxy) is 2. The molecule has 0 amide bonds. The van der Waals surface area contributed by atoms with Gasteiger partial charge >= 0.3 is 0 Å². The summed E-state index contributed by atoms with van der Waals surface area (Å²) in [6.45, 7) is 8.98. The molecular weight excluding hydrogens is 340 g/mol. The van der Waals surface area contributed by atoms with Crippen LogP contribution in [0.2, 0.25) is 0 Å². The third-order valence-electron chi connectivity index (χ3n) is 5.10. The highest BCUT2D eigenvalue weighted by Gasteiger charge is 2.15. The van der Waals surface area contributed by atoms with Crippen molar-refractivity contribution in [2.75, 3.05) is 12.1 Å². The van der Waals surface area contributed by atoms with E-state index in [1.165, 1.54) is 11.1 Å². The number of aromatic nitrogens is 1. The predicted molar refractivity (Wildman–Crippen MR) is 108 cm³/mol. The van der Waals surface area contributed by atoms with Gasteiger partial charge in [0.2, 0.25) is 6.79 Å². The molecule has 4 rings (SSSR count). The van der Waals surface area contributed by atoms with Crippen molar-refractivity contribution in [3.05, 3.63) is 63.4 Å². The van der Waals surface area contributed by atoms with Gasteiger partial charge in [0.25, 0.3) is 5.56 Å². The zero-order valence-electron chi connectivity index (χ0n) is 16.1. The average Bonchev–Trinajstić information content (AvgIpc) is 3.09. The number of anilines is 1. The predicted octanol–water partition coefficient (Wildman–Crippen LogP) is 4.54. The molecule has 5 nitrogen and oxygen atoms in total. The lowest BCUT2D eigenvalue weighted by Gasteiger charge is -2.18. The van der Waals surface area contributed by atoms with E-state index in [1.54, 1.807) is 0 Å². The highest BCUT2D eigenvalue weighted by Crippen LogP contribution is 2.34. The zero-order chi connectivity index (χ0) is 19.1. The average molecular weight is 364 g/mol. The maximum Gasteiger partial charge on any atom is 0.256 e. The first kappa shape index (κ1) is 17.5. The Morgan fingerprint density at radius 1 is 1.04 bits per heavy atom. The number of pyridine rings is 1. The fourth-order valence-corrected chi connectivity index (χ4v) is 3.50. The normalized spacial score (nSPS) is 12.8. The van der Waals surface area contributed by atoms with Gasteiger partial charge in [0.1, 0.15) is 0 Å². The van der Waals surface area contributed by atoms with Gasteiger partial charge in [-0.05, 0) is 74.5 Å². The minimum absolute atomic E-state index is 0.0500. The van der Waals surface area contributed by atoms with E-state index in [0.717, 1.165) is 33.7 Å². The molecule has 0 saturated carbocycles. The fraction of sp³-hybridized carbons (Fsp3) is 0.318. The van der Waals surface area contributed by atoms with Crippen molar-refractivity contribution in [1.29, 1.82) is 0 Å². The van der Waals surface area contributed by atoms with Crippen LogP contribution < -0.4 is 20.3 Å². The van der Waals surface area contributed by atoms with Crippen LogP contribution in [0.4, 0.5) is 5.69 Å². The van der Waals surface area contributed by atoms with Crippen molar-refractivity contribution >= 4 is 16.6 Å². The van der Waals surface area contributed by atoms with Crippen LogP contribution in [0, 0.1) is 13.8 Å². The van der Waals surface area contributed by atoms with Crippen molar-refractivity contribution in [2.24, 2.45) is 0 Å². The lowest BCUT2D eigenvalue weighted by Crippen LogP contribution is -2.27. The molecule has 0 bridgehead atoms. The molecule has 5 heteroatoms. The maximum atomic E-state index is 13.1. The highest BCUT2D eigenvalue weighted by molar-refractivity contribution is 5.81. The number of benzene rings is 2. The molecule has 1 aromatic heterocycles. The van der Waals surface area contributed by atoms with E-state index in [4.69, 9.17) is 9.47 Å². The van der Waals surface area contributed by atoms with E-state index in [-0.39, 0.29) is 18.4 Å². The standard InChI is InChI=1S/C22H24N2O3/c1-13(2)24-19-8-15(4)14(3)7-16(19)9-17(22(24)25)11-23-18-5-6-20-21(10-18)27-12-26-20/h5-10,13,23H,11-12H2,1-4H3. The van der Waals surface area contributed by atoms with E-state index in [0.29, 0.717) is 6.54 Å². The molecular formula is C22H24N2O3. The first-order chi connectivity index (χ1) is 12.9. The summed E-state index contributed by atoms with van der Waals surface area (Å²) in [5.41, 5.74) is 5.11. The lowest BCUT2D eigenvalue weighted by atomic mass is 10.0. The molecule has 140 valence electrons. The van der Waals surface area contributed by atoms with Crippen LogP contribution in [0.3, 0.4) is 0 Å². The topological polar surface area (TPSA) is 52.5 Å². The van der Waals surface area contributed by atoms with Gasteiger partial charge in [-0.15, -0.1) is 0 Å². The van der Waals surface area contributed by atoms with E-state index >= 15 is 0 Å². The van der Waals surface area contributed by atoms with Crippen LogP contribution in [0.15, 0.2) is 41.2 Å². The summed E-state index contributed by atoms with van der Waals surface area (Å²) in [6, 6.07) is 12.1. The Kier molecular flexibility index (Phi) is 4.30. The third kappa shape index (κ3) is 3.14. The molecule has 0 saturated heterocycles. The van der Waals surface area contributed by atoms with Gasteiger partial charge in [-0.25, -0.2) is 0 Å². The number of fused-ring (bicyclic) bond motifs is 2. The van der Waals surface area contributed by atoms with Gasteiger partial charge in [0.05, 0.1) is 5.52 Å². The summed E-state index contributed by atoms with van der Waals surface area (Å²) in [6.07, 6.45) is 0. The highest BCUT2D eigenvalue weighted by atomic mass is 16.7. The number of rotatable bonds is 4. The Bertz CT molecular complexity index is 1080. The number of nitrogens with one attached hydrogen (secondary N) is 1. The van der Waals surface area contributed by atoms with Gasteiger partial charge in [-0.1, -0.05) is 0 Å². The van der Waals surface area contributed by atoms with E-state index < -0.39 is 0 Å². The second-order valence-electron chi connectivity index (χ2n) is 7.36. The van der Waals surface area contributed by atoms with Gasteiger partial charge in [0.15, 0.2) is 11.5 Å². The molecule has 0 spiro atoms. The largest absolute Gasteiger partial charge is 0.454 e. The Balaban J connectivity index is 1.72. The van der Waals surface area contributed by atoms with Gasteiger partial charge in [0, 0.05) is 29.9 Å². The smallest absolute Gasteiger partial charge is 0.256 e. The number of aryl methyl sites for hydroxylation is 2. The molecule has 1 aliphatic heterocycles. The Morgan fingerprint density at radius 3 is 2.56 bits per heavy atom. The zero-order valence-corrected chi connectivity index (χ0v) is 16.1. The lowest BCUT2D eigenvalue weighted by molar-refractivity contribution is 0.174. The second kappa shape index (κ2) is 6.65. The van der Waals surface area contributed by atoms with Crippen LogP contribution in [0.1, 0.15) is 36.6 Å². The second-order valence-corrected chi connectivity index (χ2v) is 7.36. The molecule has 1 N–H and O–H groups in total. The molecule has 2 aromatic carbocycles. The fourth-order valence-electron chi connectivity index (χ4n) is 3.50. The third-order valence-corrected chi connectivity index (χ3v) is 5.10. The van der Waals surface area contributed by atoms with Crippen LogP contribution in [-0.4, -0.2) is 11.4 Å². The first-order valence-electron chi connectivity index (χ1n) is 9.23. The van der Waals surface area contributed by atoms with E-state index in [1.807, 2.05) is 42.7 Å². The summed E-state index contributed by atoms with van der Waals surface area (Å²) in [4.78, 5) is 13.1. The number of hydrogen-bond donors (Lipinski definition) is 1. The minimum atomic E-state index is 0.0500. The Labute approximate surface area is 158 Å². The number of hydrogen-bond acceptors (Lipinski definition) is 4. The first-order valence-corrected chi connectivity index (χ1v) is 9.23. The molecule has 1 aliphatic rings. The van der Waals surface area contributed by atoms with Crippen molar-refractivity contribution in [3.63, 3.8) is 0 Å². The van der Waals surface area contributed by atoms with E-state index in [9.17, 15) is 4.79 Å². The molecule has 3 aromatic rings. The SMILES string of the molecule is Cc1cc2cc(CNc3ccc4c(c3)OCO4)c(=O)n(C(C)C)c2cc1C. The van der Waals surface area contributed by atoms with Gasteiger partial charge < -0.3 is 19.4 Å². The summed E-state index contributed by atoms with van der Waals surface area (Å²) in [5, 5.41) is 4.43. The molecule has 0 atom stereocenters. The molecule has 0 radical (unpaired) electrons. The Hall–Kier alpha value is -2.95. The molecule has 0 fully saturated rings. The summed E-state index contributed by atoms with van der Waals surface area (Å²) in [5.74, 6) is 1.48. The van der Waals surface area contributed by atoms with Crippen molar-refractivity contribution < 1.29 is 9.47 Å². The molecule has 0 unspecified atom stereocenters. The van der Waals surface area contributed by atoms with Crippen molar-refractivity contribution in [2.45, 2.75) is 40.3 Å². The summed E-state index contributed by atoms with van der Waals surface area (Å²) >= 11 is 0. The van der Waals surface area contributed by atoms with Crippen molar-refractivity contribution in [1.82, 2.24) is 4.57 Å². The molecule has 2 heterocycles. The van der Waals surface area contributed by atoms with Crippen LogP contribution >= 0.6 is 0 Å². The summed E-state index contributed by atoms with van der Waals surface area (Å²) < 4.78 is 12.6. The molecule has 27 heavy (non-hydrogen) atoms. The van der Waals surface area contributed by atoms with Crippen LogP contribution in [0.5, 0.6) is 11.5 Å². The quantitative estimate of drug-likeness (QED) is 0.738. The van der Waals surface area contributed by atoms with Gasteiger partial charge in [-0.2, -0.15) is 0 Å². The maximum absolute atomic E-state index is 13.1. The van der Waals surface area contributed by atoms with Crippen LogP contribution in [-0.2, 0) is 6.54 Å². The molecule has 0 aliphatic carbocycles. The van der Waals surface area contributed by atoms with Gasteiger partial charge in [-0.3, -0.25) is 4.79 Å². The monoisotopic (exact) mass is 364 g/mol. The van der Waals surface area contributed by atoms with E-state index in [2.05, 4.69) is 31.3 Å². The van der Waals surface area contributed by atoms with Crippen LogP contribution in [0.25, 0.3) is 10.9 Å². The summed E-state index contributed by atoms with van der Waals surface area (Å²) in [7, 11) is 0. The van der Waals surface area contributed by atoms with Crippen molar-refractivity contribution in [3.8, 4) is 11.5 Å².